The molecule has 7 heteroatoms. The molecule has 6 nitrogen and oxygen atoms in total. The monoisotopic (exact) mass is 421 g/mol. The smallest absolute Gasteiger partial charge is 0.199 e. The van der Waals surface area contributed by atoms with E-state index in [4.69, 9.17) is 17.3 Å². The zero-order valence-corrected chi connectivity index (χ0v) is 18.3. The van der Waals surface area contributed by atoms with Crippen LogP contribution in [0.15, 0.2) is 48.8 Å². The first-order valence-electron chi connectivity index (χ1n) is 10.5. The Morgan fingerprint density at radius 2 is 1.77 bits per heavy atom. The second-order valence-electron chi connectivity index (χ2n) is 7.85. The van der Waals surface area contributed by atoms with Crippen LogP contribution in [-0.2, 0) is 13.2 Å². The van der Waals surface area contributed by atoms with Crippen LogP contribution in [0.1, 0.15) is 35.7 Å². The van der Waals surface area contributed by atoms with Gasteiger partial charge in [0.2, 0.25) is 0 Å². The van der Waals surface area contributed by atoms with E-state index in [1.165, 1.54) is 5.56 Å². The van der Waals surface area contributed by atoms with Gasteiger partial charge in [0.25, 0.3) is 0 Å². The Hall–Kier alpha value is -2.64. The molecule has 156 valence electrons. The average Bonchev–Trinajstić information content (AvgIpc) is 3.10. The fourth-order valence-electron chi connectivity index (χ4n) is 4.01. The highest BCUT2D eigenvalue weighted by Gasteiger charge is 2.26. The van der Waals surface area contributed by atoms with Gasteiger partial charge in [0.1, 0.15) is 0 Å². The molecule has 0 spiro atoms. The normalized spacial score (nSPS) is 15.4. The van der Waals surface area contributed by atoms with Crippen molar-refractivity contribution in [2.75, 3.05) is 13.1 Å². The fourth-order valence-corrected chi connectivity index (χ4v) is 4.33. The molecular formula is C23H27N5OS. The summed E-state index contributed by atoms with van der Waals surface area (Å²) in [6.07, 6.45) is 5.28. The fraction of sp³-hybridized carbons (Fsp3) is 0.391. The van der Waals surface area contributed by atoms with Gasteiger partial charge in [-0.3, -0.25) is 14.7 Å². The van der Waals surface area contributed by atoms with Crippen molar-refractivity contribution in [3.05, 3.63) is 64.7 Å². The highest BCUT2D eigenvalue weighted by Crippen LogP contribution is 2.23. The van der Waals surface area contributed by atoms with Gasteiger partial charge in [-0.05, 0) is 51.0 Å². The van der Waals surface area contributed by atoms with Crippen LogP contribution in [0.25, 0.3) is 11.4 Å². The largest absolute Gasteiger partial charge is 0.300 e. The van der Waals surface area contributed by atoms with Crippen molar-refractivity contribution in [1.82, 2.24) is 24.2 Å². The highest BCUT2D eigenvalue weighted by atomic mass is 32.1. The molecule has 0 bridgehead atoms. The van der Waals surface area contributed by atoms with Crippen LogP contribution in [0.5, 0.6) is 0 Å². The van der Waals surface area contributed by atoms with Gasteiger partial charge in [-0.2, -0.15) is 5.10 Å². The van der Waals surface area contributed by atoms with E-state index >= 15 is 0 Å². The number of ketones is 1. The van der Waals surface area contributed by atoms with Crippen LogP contribution >= 0.6 is 12.2 Å². The Morgan fingerprint density at radius 1 is 1.10 bits per heavy atom. The van der Waals surface area contributed by atoms with Gasteiger partial charge in [0.15, 0.2) is 16.4 Å². The molecule has 30 heavy (non-hydrogen) atoms. The predicted octanol–water partition coefficient (Wildman–Crippen LogP) is 4.36. The number of Topliss-reactive ketones (excluding diaryl/α,β-unsaturated/α-hetero) is 1. The number of rotatable bonds is 6. The molecule has 1 saturated heterocycles. The molecule has 0 amide bonds. The van der Waals surface area contributed by atoms with Gasteiger partial charge >= 0.3 is 0 Å². The summed E-state index contributed by atoms with van der Waals surface area (Å²) in [4.78, 5) is 19.2. The third kappa shape index (κ3) is 4.27. The summed E-state index contributed by atoms with van der Waals surface area (Å²) in [5.41, 5.74) is 3.01. The number of pyridine rings is 1. The highest BCUT2D eigenvalue weighted by molar-refractivity contribution is 7.71. The summed E-state index contributed by atoms with van der Waals surface area (Å²) in [7, 11) is 0. The van der Waals surface area contributed by atoms with E-state index in [0.717, 1.165) is 54.2 Å². The number of carbonyl (C=O) groups is 1. The summed E-state index contributed by atoms with van der Waals surface area (Å²) < 4.78 is 4.68. The number of piperidine rings is 1. The molecule has 0 radical (unpaired) electrons. The molecule has 0 unspecified atom stereocenters. The summed E-state index contributed by atoms with van der Waals surface area (Å²) >= 11 is 5.69. The lowest BCUT2D eigenvalue weighted by molar-refractivity contribution is 0.0803. The van der Waals surface area contributed by atoms with E-state index in [-0.39, 0.29) is 11.7 Å². The third-order valence-corrected chi connectivity index (χ3v) is 6.24. The first-order chi connectivity index (χ1) is 14.6. The number of hydrogen-bond acceptors (Lipinski definition) is 5. The van der Waals surface area contributed by atoms with Crippen LogP contribution in [0, 0.1) is 17.6 Å². The van der Waals surface area contributed by atoms with Gasteiger partial charge in [0.05, 0.1) is 6.67 Å². The maximum atomic E-state index is 12.8. The molecule has 1 fully saturated rings. The second-order valence-corrected chi connectivity index (χ2v) is 8.22. The third-order valence-electron chi connectivity index (χ3n) is 5.81. The lowest BCUT2D eigenvalue weighted by Crippen LogP contribution is -2.37. The Labute approximate surface area is 182 Å². The molecule has 1 aromatic carbocycles. The number of hydrogen-bond donors (Lipinski definition) is 0. The minimum atomic E-state index is 0.0949. The van der Waals surface area contributed by atoms with Crippen LogP contribution in [0.4, 0.5) is 0 Å². The van der Waals surface area contributed by atoms with Crippen LogP contribution in [0.2, 0.25) is 0 Å². The number of aromatic nitrogens is 4. The predicted molar refractivity (Wildman–Crippen MR) is 120 cm³/mol. The van der Waals surface area contributed by atoms with Gasteiger partial charge in [-0.1, -0.05) is 29.8 Å². The Morgan fingerprint density at radius 3 is 2.40 bits per heavy atom. The summed E-state index contributed by atoms with van der Waals surface area (Å²) in [5.74, 6) is 1.23. The Bertz CT molecular complexity index is 1060. The molecule has 1 aliphatic rings. The molecular weight excluding hydrogens is 394 g/mol. The van der Waals surface area contributed by atoms with Crippen molar-refractivity contribution < 1.29 is 4.79 Å². The van der Waals surface area contributed by atoms with Crippen LogP contribution in [-0.4, -0.2) is 43.1 Å². The SMILES string of the molecule is CCn1c(-c2ccncc2)nn(CN2CCC(C(=O)c3ccc(C)cc3)CC2)c1=S. The van der Waals surface area contributed by atoms with Crippen molar-refractivity contribution in [2.24, 2.45) is 5.92 Å². The van der Waals surface area contributed by atoms with E-state index in [1.807, 2.05) is 48.0 Å². The quantitative estimate of drug-likeness (QED) is 0.437. The number of nitrogens with zero attached hydrogens (tertiary/aromatic N) is 5. The first-order valence-corrected chi connectivity index (χ1v) is 10.9. The molecule has 3 heterocycles. The van der Waals surface area contributed by atoms with E-state index in [9.17, 15) is 4.79 Å². The van der Waals surface area contributed by atoms with Gasteiger partial charge in [-0.25, -0.2) is 4.68 Å². The van der Waals surface area contributed by atoms with Gasteiger partial charge < -0.3 is 4.57 Å². The van der Waals surface area contributed by atoms with E-state index in [1.54, 1.807) is 12.4 Å². The molecule has 1 aliphatic heterocycles. The number of benzene rings is 1. The zero-order valence-electron chi connectivity index (χ0n) is 17.5. The van der Waals surface area contributed by atoms with Crippen molar-refractivity contribution >= 4 is 18.0 Å². The van der Waals surface area contributed by atoms with Crippen LogP contribution < -0.4 is 0 Å². The lowest BCUT2D eigenvalue weighted by Gasteiger charge is -2.30. The Kier molecular flexibility index (Phi) is 6.20. The zero-order chi connectivity index (χ0) is 21.1. The number of carbonyl (C=O) groups excluding carboxylic acids is 1. The molecule has 0 aliphatic carbocycles. The minimum absolute atomic E-state index is 0.0949. The number of likely N-dealkylation sites (tertiary alicyclic amines) is 1. The van der Waals surface area contributed by atoms with Gasteiger partial charge in [-0.15, -0.1) is 0 Å². The molecule has 2 aromatic heterocycles. The van der Waals surface area contributed by atoms with E-state index in [0.29, 0.717) is 6.67 Å². The van der Waals surface area contributed by atoms with Crippen molar-refractivity contribution in [1.29, 1.82) is 0 Å². The maximum absolute atomic E-state index is 12.8. The summed E-state index contributed by atoms with van der Waals surface area (Å²) in [6, 6.07) is 11.8. The molecule has 4 rings (SSSR count). The summed E-state index contributed by atoms with van der Waals surface area (Å²) in [6.45, 7) is 7.27. The van der Waals surface area contributed by atoms with Gasteiger partial charge in [0, 0.05) is 49.1 Å². The average molecular weight is 422 g/mol. The molecule has 0 saturated carbocycles. The minimum Gasteiger partial charge on any atom is -0.300 e. The first kappa shape index (κ1) is 20.6. The molecule has 0 atom stereocenters. The van der Waals surface area contributed by atoms with Crippen molar-refractivity contribution in [3.63, 3.8) is 0 Å². The molecule has 0 N–H and O–H groups in total. The van der Waals surface area contributed by atoms with E-state index in [2.05, 4.69) is 21.4 Å². The molecule has 3 aromatic rings. The van der Waals surface area contributed by atoms with Crippen LogP contribution in [0.3, 0.4) is 0 Å². The topological polar surface area (TPSA) is 56.0 Å². The maximum Gasteiger partial charge on any atom is 0.199 e. The lowest BCUT2D eigenvalue weighted by atomic mass is 9.89. The van der Waals surface area contributed by atoms with Crippen molar-refractivity contribution in [3.8, 4) is 11.4 Å². The second kappa shape index (κ2) is 9.02. The standard InChI is InChI=1S/C23H27N5OS/c1-3-27-22(20-8-12-24-13-9-20)25-28(23(27)30)16-26-14-10-19(11-15-26)21(29)18-6-4-17(2)5-7-18/h4-9,12-13,19H,3,10-11,14-16H2,1-2H3. The number of aryl methyl sites for hydroxylation is 1. The van der Waals surface area contributed by atoms with E-state index < -0.39 is 0 Å². The summed E-state index contributed by atoms with van der Waals surface area (Å²) in [5, 5.41) is 4.79. The Balaban J connectivity index is 1.43. The van der Waals surface area contributed by atoms with Crippen molar-refractivity contribution in [2.45, 2.75) is 39.9 Å².